The van der Waals surface area contributed by atoms with Gasteiger partial charge in [-0.15, -0.1) is 0 Å². The largest absolute Gasteiger partial charge is 0.455 e. The van der Waals surface area contributed by atoms with Crippen LogP contribution >= 0.6 is 0 Å². The molecule has 0 atom stereocenters. The van der Waals surface area contributed by atoms with Gasteiger partial charge in [-0.2, -0.15) is 0 Å². The Kier molecular flexibility index (Phi) is 5.82. The van der Waals surface area contributed by atoms with Crippen molar-refractivity contribution in [3.8, 4) is 44.9 Å². The fourth-order valence-corrected chi connectivity index (χ4v) is 6.48. The fraction of sp³-hybridized carbons (Fsp3) is 0. The number of rotatable bonds is 4. The molecule has 0 saturated carbocycles. The van der Waals surface area contributed by atoms with Crippen LogP contribution in [0.25, 0.3) is 88.5 Å². The third-order valence-electron chi connectivity index (χ3n) is 8.67. The van der Waals surface area contributed by atoms with Gasteiger partial charge >= 0.3 is 0 Å². The van der Waals surface area contributed by atoms with E-state index in [2.05, 4.69) is 140 Å². The first kappa shape index (κ1) is 25.4. The first-order valence-corrected chi connectivity index (χ1v) is 15.2. The van der Waals surface area contributed by atoms with Crippen molar-refractivity contribution in [2.45, 2.75) is 0 Å². The van der Waals surface area contributed by atoms with Gasteiger partial charge in [0.2, 0.25) is 0 Å². The molecule has 2 aromatic heterocycles. The molecule has 210 valence electrons. The molecule has 9 rings (SSSR count). The van der Waals surface area contributed by atoms with Crippen LogP contribution < -0.4 is 0 Å². The van der Waals surface area contributed by atoms with Crippen LogP contribution in [0.1, 0.15) is 0 Å². The Morgan fingerprint density at radius 3 is 1.78 bits per heavy atom. The van der Waals surface area contributed by atoms with Gasteiger partial charge in [-0.25, -0.2) is 9.97 Å². The molecule has 0 bridgehead atoms. The highest BCUT2D eigenvalue weighted by molar-refractivity contribution is 6.20. The maximum atomic E-state index is 6.62. The van der Waals surface area contributed by atoms with Gasteiger partial charge in [-0.05, 0) is 58.0 Å². The van der Waals surface area contributed by atoms with Crippen molar-refractivity contribution in [2.24, 2.45) is 0 Å². The van der Waals surface area contributed by atoms with E-state index in [1.807, 2.05) is 18.2 Å². The molecule has 0 amide bonds. The first-order chi connectivity index (χ1) is 22.3. The highest BCUT2D eigenvalue weighted by Gasteiger charge is 2.19. The summed E-state index contributed by atoms with van der Waals surface area (Å²) in [5, 5.41) is 5.35. The molecule has 0 radical (unpaired) electrons. The summed E-state index contributed by atoms with van der Waals surface area (Å²) >= 11 is 0. The Balaban J connectivity index is 1.29. The molecule has 2 heterocycles. The van der Waals surface area contributed by atoms with E-state index >= 15 is 0 Å². The summed E-state index contributed by atoms with van der Waals surface area (Å²) in [7, 11) is 0. The van der Waals surface area contributed by atoms with Crippen molar-refractivity contribution in [1.82, 2.24) is 9.97 Å². The summed E-state index contributed by atoms with van der Waals surface area (Å²) in [6, 6.07) is 54.9. The molecular formula is C42H26N2O. The summed E-state index contributed by atoms with van der Waals surface area (Å²) in [4.78, 5) is 10.4. The highest BCUT2D eigenvalue weighted by atomic mass is 16.3. The zero-order chi connectivity index (χ0) is 29.7. The van der Waals surface area contributed by atoms with Crippen molar-refractivity contribution in [3.63, 3.8) is 0 Å². The molecular weight excluding hydrogens is 548 g/mol. The summed E-state index contributed by atoms with van der Waals surface area (Å²) in [6.07, 6.45) is 0. The van der Waals surface area contributed by atoms with Crippen LogP contribution in [-0.2, 0) is 0 Å². The van der Waals surface area contributed by atoms with Gasteiger partial charge in [0.1, 0.15) is 11.2 Å². The lowest BCUT2D eigenvalue weighted by molar-refractivity contribution is 0.673. The van der Waals surface area contributed by atoms with Crippen LogP contribution in [0.2, 0.25) is 0 Å². The van der Waals surface area contributed by atoms with Gasteiger partial charge in [0, 0.05) is 32.7 Å². The van der Waals surface area contributed by atoms with E-state index in [0.717, 1.165) is 71.6 Å². The Labute approximate surface area is 260 Å². The number of hydrogen-bond donors (Lipinski definition) is 0. The van der Waals surface area contributed by atoms with Crippen molar-refractivity contribution < 1.29 is 4.42 Å². The van der Waals surface area contributed by atoms with Crippen LogP contribution in [0.5, 0.6) is 0 Å². The average Bonchev–Trinajstić information content (AvgIpc) is 3.50. The Bertz CT molecular complexity index is 2530. The lowest BCUT2D eigenvalue weighted by Gasteiger charge is -2.13. The SMILES string of the molecule is c1ccc(-c2cccc(-c3nc(-c4cc5c6ccc(-c7ccccc7)cc6oc5c5ccccc45)c4ccccc4n3)c2)cc1. The number of fused-ring (bicyclic) bond motifs is 6. The molecule has 0 unspecified atom stereocenters. The minimum Gasteiger partial charge on any atom is -0.455 e. The van der Waals surface area contributed by atoms with Crippen LogP contribution in [0.15, 0.2) is 162 Å². The average molecular weight is 575 g/mol. The lowest BCUT2D eigenvalue weighted by Crippen LogP contribution is -1.96. The number of aromatic nitrogens is 2. The fourth-order valence-electron chi connectivity index (χ4n) is 6.48. The minimum absolute atomic E-state index is 0.704. The van der Waals surface area contributed by atoms with Crippen LogP contribution in [0.3, 0.4) is 0 Å². The lowest BCUT2D eigenvalue weighted by atomic mass is 9.95. The Morgan fingerprint density at radius 1 is 0.378 bits per heavy atom. The first-order valence-electron chi connectivity index (χ1n) is 15.2. The predicted molar refractivity (Wildman–Crippen MR) is 186 cm³/mol. The topological polar surface area (TPSA) is 38.9 Å². The van der Waals surface area contributed by atoms with E-state index in [-0.39, 0.29) is 0 Å². The summed E-state index contributed by atoms with van der Waals surface area (Å²) in [5.74, 6) is 0.704. The van der Waals surface area contributed by atoms with Crippen molar-refractivity contribution in [1.29, 1.82) is 0 Å². The summed E-state index contributed by atoms with van der Waals surface area (Å²) < 4.78 is 6.62. The van der Waals surface area contributed by atoms with Crippen molar-refractivity contribution in [3.05, 3.63) is 158 Å². The van der Waals surface area contributed by atoms with Gasteiger partial charge in [0.25, 0.3) is 0 Å². The monoisotopic (exact) mass is 574 g/mol. The molecule has 9 aromatic rings. The third kappa shape index (κ3) is 4.29. The van der Waals surface area contributed by atoms with Crippen LogP contribution in [0, 0.1) is 0 Å². The van der Waals surface area contributed by atoms with Gasteiger partial charge < -0.3 is 4.42 Å². The third-order valence-corrected chi connectivity index (χ3v) is 8.67. The number of benzene rings is 7. The molecule has 3 heteroatoms. The van der Waals surface area contributed by atoms with E-state index < -0.39 is 0 Å². The van der Waals surface area contributed by atoms with Gasteiger partial charge in [0.05, 0.1) is 11.2 Å². The van der Waals surface area contributed by atoms with E-state index in [1.165, 1.54) is 11.1 Å². The molecule has 0 aliphatic rings. The number of para-hydroxylation sites is 1. The molecule has 3 nitrogen and oxygen atoms in total. The van der Waals surface area contributed by atoms with E-state index in [0.29, 0.717) is 5.82 Å². The highest BCUT2D eigenvalue weighted by Crippen LogP contribution is 2.42. The smallest absolute Gasteiger partial charge is 0.160 e. The maximum Gasteiger partial charge on any atom is 0.160 e. The van der Waals surface area contributed by atoms with Gasteiger partial charge in [-0.1, -0.05) is 127 Å². The second-order valence-corrected chi connectivity index (χ2v) is 11.4. The molecule has 0 N–H and O–H groups in total. The normalized spacial score (nSPS) is 11.6. The predicted octanol–water partition coefficient (Wildman–Crippen LogP) is 11.4. The molecule has 0 saturated heterocycles. The van der Waals surface area contributed by atoms with Crippen LogP contribution in [-0.4, -0.2) is 9.97 Å². The molecule has 0 spiro atoms. The summed E-state index contributed by atoms with van der Waals surface area (Å²) in [5.41, 5.74) is 10.2. The zero-order valence-corrected chi connectivity index (χ0v) is 24.3. The van der Waals surface area contributed by atoms with E-state index in [9.17, 15) is 0 Å². The molecule has 0 aliphatic carbocycles. The summed E-state index contributed by atoms with van der Waals surface area (Å²) in [6.45, 7) is 0. The number of nitrogens with zero attached hydrogens (tertiary/aromatic N) is 2. The minimum atomic E-state index is 0.704. The zero-order valence-electron chi connectivity index (χ0n) is 24.3. The quantitative estimate of drug-likeness (QED) is 0.210. The second kappa shape index (κ2) is 10.3. The second-order valence-electron chi connectivity index (χ2n) is 11.4. The molecule has 7 aromatic carbocycles. The molecule has 0 aliphatic heterocycles. The standard InChI is InChI=1S/C42H26N2O/c1-3-12-27(13-4-1)29-16-11-17-31(24-29)42-43-38-21-10-9-20-35(38)40(44-42)36-26-37-33-23-22-30(28-14-5-2-6-15-28)25-39(33)45-41(37)34-19-8-7-18-32(34)36/h1-26H. The maximum absolute atomic E-state index is 6.62. The van der Waals surface area contributed by atoms with Gasteiger partial charge in [-0.3, -0.25) is 0 Å². The van der Waals surface area contributed by atoms with E-state index in [1.54, 1.807) is 0 Å². The van der Waals surface area contributed by atoms with Gasteiger partial charge in [0.15, 0.2) is 5.82 Å². The van der Waals surface area contributed by atoms with E-state index in [4.69, 9.17) is 14.4 Å². The molecule has 0 fully saturated rings. The van der Waals surface area contributed by atoms with Crippen molar-refractivity contribution >= 4 is 43.6 Å². The van der Waals surface area contributed by atoms with Crippen LogP contribution in [0.4, 0.5) is 0 Å². The number of furan rings is 1. The number of hydrogen-bond acceptors (Lipinski definition) is 3. The van der Waals surface area contributed by atoms with Crippen molar-refractivity contribution in [2.75, 3.05) is 0 Å². The molecule has 45 heavy (non-hydrogen) atoms. The Hall–Kier alpha value is -6.06. The Morgan fingerprint density at radius 2 is 1.00 bits per heavy atom.